The summed E-state index contributed by atoms with van der Waals surface area (Å²) in [5.74, 6) is 1.12. The highest BCUT2D eigenvalue weighted by atomic mass is 32.2. The SMILES string of the molecule is Oc1ccc(COc2ccc(-[s+]3c4ccccc4c4ccccc43)cc2)cc1. The molecule has 1 heterocycles. The van der Waals surface area contributed by atoms with Crippen molar-refractivity contribution in [3.05, 3.63) is 103 Å². The molecule has 0 saturated carbocycles. The summed E-state index contributed by atoms with van der Waals surface area (Å²) in [5.41, 5.74) is 1.03. The van der Waals surface area contributed by atoms with Crippen molar-refractivity contribution in [3.8, 4) is 16.4 Å². The lowest BCUT2D eigenvalue weighted by Crippen LogP contribution is -1.94. The molecule has 4 aromatic carbocycles. The molecule has 5 rings (SSSR count). The Kier molecular flexibility index (Phi) is 4.22. The van der Waals surface area contributed by atoms with E-state index in [0.29, 0.717) is 6.61 Å². The van der Waals surface area contributed by atoms with E-state index in [1.165, 1.54) is 25.1 Å². The minimum Gasteiger partial charge on any atom is -0.508 e. The zero-order chi connectivity index (χ0) is 18.9. The second kappa shape index (κ2) is 7.02. The van der Waals surface area contributed by atoms with Crippen LogP contribution in [-0.4, -0.2) is 5.11 Å². The summed E-state index contributed by atoms with van der Waals surface area (Å²) in [4.78, 5) is 1.30. The predicted molar refractivity (Wildman–Crippen MR) is 118 cm³/mol. The summed E-state index contributed by atoms with van der Waals surface area (Å²) in [7, 11) is -0.0747. The first-order valence-corrected chi connectivity index (χ1v) is 10.5. The number of hydrogen-bond donors (Lipinski definition) is 1. The molecule has 1 N–H and O–H groups in total. The Morgan fingerprint density at radius 2 is 1.21 bits per heavy atom. The summed E-state index contributed by atoms with van der Waals surface area (Å²) < 4.78 is 8.69. The number of thiophene rings is 1. The lowest BCUT2D eigenvalue weighted by atomic mass is 10.2. The van der Waals surface area contributed by atoms with Crippen LogP contribution in [0.3, 0.4) is 0 Å². The summed E-state index contributed by atoms with van der Waals surface area (Å²) in [6, 6.07) is 32.9. The van der Waals surface area contributed by atoms with Crippen molar-refractivity contribution < 1.29 is 9.84 Å². The minimum atomic E-state index is -0.0747. The monoisotopic (exact) mass is 383 g/mol. The van der Waals surface area contributed by atoms with Gasteiger partial charge in [0.15, 0.2) is 14.3 Å². The first-order chi connectivity index (χ1) is 13.8. The smallest absolute Gasteiger partial charge is 0.187 e. The molecular weight excluding hydrogens is 364 g/mol. The van der Waals surface area contributed by atoms with Crippen LogP contribution in [0, 0.1) is 0 Å². The van der Waals surface area contributed by atoms with Crippen LogP contribution in [0.1, 0.15) is 5.56 Å². The summed E-state index contributed by atoms with van der Waals surface area (Å²) in [6.45, 7) is 0.483. The molecule has 0 bridgehead atoms. The molecule has 1 aromatic heterocycles. The zero-order valence-electron chi connectivity index (χ0n) is 15.2. The Hall–Kier alpha value is -3.30. The van der Waals surface area contributed by atoms with Gasteiger partial charge in [0, 0.05) is 33.4 Å². The highest BCUT2D eigenvalue weighted by molar-refractivity contribution is 7.50. The van der Waals surface area contributed by atoms with E-state index in [4.69, 9.17) is 4.74 Å². The number of hydrogen-bond acceptors (Lipinski definition) is 2. The van der Waals surface area contributed by atoms with Crippen LogP contribution in [0.5, 0.6) is 11.5 Å². The van der Waals surface area contributed by atoms with Crippen LogP contribution in [0.2, 0.25) is 0 Å². The fourth-order valence-corrected chi connectivity index (χ4v) is 5.92. The van der Waals surface area contributed by atoms with E-state index in [-0.39, 0.29) is 16.2 Å². The molecule has 0 spiro atoms. The van der Waals surface area contributed by atoms with Crippen LogP contribution < -0.4 is 4.74 Å². The van der Waals surface area contributed by atoms with Crippen LogP contribution in [0.15, 0.2) is 97.1 Å². The van der Waals surface area contributed by atoms with Gasteiger partial charge < -0.3 is 9.84 Å². The maximum Gasteiger partial charge on any atom is 0.187 e. The summed E-state index contributed by atoms with van der Waals surface area (Å²) in [6.07, 6.45) is 0. The average Bonchev–Trinajstić information content (AvgIpc) is 3.08. The second-order valence-electron chi connectivity index (χ2n) is 6.73. The Bertz CT molecular complexity index is 1200. The molecule has 0 amide bonds. The quantitative estimate of drug-likeness (QED) is 0.338. The number of benzene rings is 4. The van der Waals surface area contributed by atoms with Crippen molar-refractivity contribution in [3.63, 3.8) is 0 Å². The van der Waals surface area contributed by atoms with E-state index in [2.05, 4.69) is 60.7 Å². The lowest BCUT2D eigenvalue weighted by molar-refractivity contribution is 0.306. The first-order valence-electron chi connectivity index (χ1n) is 9.23. The van der Waals surface area contributed by atoms with Gasteiger partial charge in [-0.1, -0.05) is 36.4 Å². The molecule has 3 heteroatoms. The van der Waals surface area contributed by atoms with Crippen molar-refractivity contribution in [2.24, 2.45) is 0 Å². The predicted octanol–water partition coefficient (Wildman–Crippen LogP) is 7.02. The van der Waals surface area contributed by atoms with Gasteiger partial charge in [0.2, 0.25) is 0 Å². The number of rotatable bonds is 4. The molecular formula is C25H19O2S+. The van der Waals surface area contributed by atoms with Gasteiger partial charge in [-0.15, -0.1) is 0 Å². The molecule has 136 valence electrons. The number of ether oxygens (including phenoxy) is 1. The number of aromatic hydroxyl groups is 1. The summed E-state index contributed by atoms with van der Waals surface area (Å²) in [5, 5.41) is 12.1. The van der Waals surface area contributed by atoms with Gasteiger partial charge in [-0.3, -0.25) is 0 Å². The van der Waals surface area contributed by atoms with Gasteiger partial charge in [0.1, 0.15) is 18.1 Å². The lowest BCUT2D eigenvalue weighted by Gasteiger charge is -2.06. The minimum absolute atomic E-state index is 0.0747. The average molecular weight is 383 g/mol. The van der Waals surface area contributed by atoms with E-state index in [1.54, 1.807) is 12.1 Å². The number of fused-ring (bicyclic) bond motifs is 3. The van der Waals surface area contributed by atoms with Gasteiger partial charge in [-0.05, 0) is 54.1 Å². The van der Waals surface area contributed by atoms with Crippen LogP contribution in [0.4, 0.5) is 0 Å². The molecule has 0 saturated heterocycles. The van der Waals surface area contributed by atoms with Gasteiger partial charge >= 0.3 is 0 Å². The third-order valence-corrected chi connectivity index (χ3v) is 7.24. The van der Waals surface area contributed by atoms with E-state index < -0.39 is 0 Å². The Balaban J connectivity index is 1.48. The first kappa shape index (κ1) is 16.8. The summed E-state index contributed by atoms with van der Waals surface area (Å²) >= 11 is 0. The van der Waals surface area contributed by atoms with Gasteiger partial charge in [-0.2, -0.15) is 0 Å². The van der Waals surface area contributed by atoms with Crippen LogP contribution in [0.25, 0.3) is 25.1 Å². The normalized spacial score (nSPS) is 11.1. The van der Waals surface area contributed by atoms with Crippen molar-refractivity contribution >= 4 is 30.6 Å². The molecule has 0 unspecified atom stereocenters. The van der Waals surface area contributed by atoms with E-state index >= 15 is 0 Å². The largest absolute Gasteiger partial charge is 0.508 e. The third-order valence-electron chi connectivity index (χ3n) is 4.91. The Labute approximate surface area is 166 Å². The molecule has 2 nitrogen and oxygen atoms in total. The van der Waals surface area contributed by atoms with E-state index in [1.807, 2.05) is 24.3 Å². The Morgan fingerprint density at radius 3 is 1.82 bits per heavy atom. The molecule has 0 radical (unpaired) electrons. The standard InChI is InChI=1S/C25H18O2S/c26-19-11-9-18(10-12-19)17-27-20-13-15-21(16-14-20)28-24-7-3-1-5-22(24)23-6-2-4-8-25(23)28/h1-16H,17H2/p+1. The molecule has 0 fully saturated rings. The Morgan fingerprint density at radius 1 is 0.643 bits per heavy atom. The highest BCUT2D eigenvalue weighted by Gasteiger charge is 2.22. The van der Waals surface area contributed by atoms with Crippen LogP contribution in [-0.2, 0) is 6.61 Å². The van der Waals surface area contributed by atoms with Crippen molar-refractivity contribution in [2.75, 3.05) is 0 Å². The van der Waals surface area contributed by atoms with E-state index in [9.17, 15) is 5.11 Å². The fourth-order valence-electron chi connectivity index (χ4n) is 3.54. The molecule has 28 heavy (non-hydrogen) atoms. The van der Waals surface area contributed by atoms with Crippen molar-refractivity contribution in [1.29, 1.82) is 0 Å². The highest BCUT2D eigenvalue weighted by Crippen LogP contribution is 2.48. The topological polar surface area (TPSA) is 29.5 Å². The molecule has 0 atom stereocenters. The second-order valence-corrected chi connectivity index (χ2v) is 8.69. The zero-order valence-corrected chi connectivity index (χ0v) is 16.0. The maximum absolute atomic E-state index is 9.38. The third kappa shape index (κ3) is 3.00. The molecule has 0 aliphatic carbocycles. The van der Waals surface area contributed by atoms with Gasteiger partial charge in [-0.25, -0.2) is 0 Å². The number of phenolic OH excluding ortho intramolecular Hbond substituents is 1. The van der Waals surface area contributed by atoms with Gasteiger partial charge in [0.05, 0.1) is 0 Å². The molecule has 5 aromatic rings. The fraction of sp³-hybridized carbons (Fsp3) is 0.0400. The van der Waals surface area contributed by atoms with Crippen LogP contribution >= 0.6 is 10.5 Å². The van der Waals surface area contributed by atoms with E-state index in [0.717, 1.165) is 11.3 Å². The molecule has 0 aliphatic heterocycles. The molecule has 0 aliphatic rings. The van der Waals surface area contributed by atoms with Crippen molar-refractivity contribution in [1.82, 2.24) is 0 Å². The van der Waals surface area contributed by atoms with Gasteiger partial charge in [0.25, 0.3) is 0 Å². The number of phenols is 1. The van der Waals surface area contributed by atoms with Crippen molar-refractivity contribution in [2.45, 2.75) is 6.61 Å². The maximum atomic E-state index is 9.38.